The van der Waals surface area contributed by atoms with Gasteiger partial charge in [-0.2, -0.15) is 0 Å². The number of benzene rings is 1. The zero-order chi connectivity index (χ0) is 16.0. The minimum absolute atomic E-state index is 0.128. The van der Waals surface area contributed by atoms with Gasteiger partial charge in [0.25, 0.3) is 0 Å². The molecule has 5 heteroatoms. The molecule has 3 N–H and O–H groups in total. The second-order valence-corrected chi connectivity index (χ2v) is 5.58. The average Bonchev–Trinajstić information content (AvgIpc) is 2.44. The first-order chi connectivity index (χ1) is 9.85. The number of rotatable bonds is 6. The number of carboxylic acid groups (broad SMARTS) is 1. The van der Waals surface area contributed by atoms with Gasteiger partial charge in [0, 0.05) is 5.69 Å². The zero-order valence-electron chi connectivity index (χ0n) is 13.0. The highest BCUT2D eigenvalue weighted by Crippen LogP contribution is 2.17. The first kappa shape index (κ1) is 17.0. The Bertz CT molecular complexity index is 483. The summed E-state index contributed by atoms with van der Waals surface area (Å²) in [6.45, 7) is 7.89. The SMILES string of the molecule is CCC(C)C(NC(=O)Nc1ccc(C(C)C)cc1)C(=O)O. The molecule has 0 aliphatic rings. The summed E-state index contributed by atoms with van der Waals surface area (Å²) >= 11 is 0. The maximum absolute atomic E-state index is 11.9. The number of urea groups is 1. The number of hydrogen-bond donors (Lipinski definition) is 3. The summed E-state index contributed by atoms with van der Waals surface area (Å²) < 4.78 is 0. The molecule has 0 spiro atoms. The molecule has 0 aliphatic heterocycles. The van der Waals surface area contributed by atoms with Crippen molar-refractivity contribution in [3.05, 3.63) is 29.8 Å². The molecule has 0 fully saturated rings. The summed E-state index contributed by atoms with van der Waals surface area (Å²) in [6.07, 6.45) is 0.681. The molecule has 2 unspecified atom stereocenters. The van der Waals surface area contributed by atoms with Crippen LogP contribution in [0.2, 0.25) is 0 Å². The molecule has 1 aromatic carbocycles. The van der Waals surface area contributed by atoms with Gasteiger partial charge in [-0.25, -0.2) is 9.59 Å². The quantitative estimate of drug-likeness (QED) is 0.751. The van der Waals surface area contributed by atoms with Crippen molar-refractivity contribution in [3.8, 4) is 0 Å². The zero-order valence-corrected chi connectivity index (χ0v) is 13.0. The van der Waals surface area contributed by atoms with Gasteiger partial charge in [0.2, 0.25) is 0 Å². The smallest absolute Gasteiger partial charge is 0.326 e. The van der Waals surface area contributed by atoms with Crippen LogP contribution in [0.1, 0.15) is 45.6 Å². The summed E-state index contributed by atoms with van der Waals surface area (Å²) in [7, 11) is 0. The monoisotopic (exact) mass is 292 g/mol. The van der Waals surface area contributed by atoms with Gasteiger partial charge in [0.1, 0.15) is 6.04 Å². The van der Waals surface area contributed by atoms with E-state index in [9.17, 15) is 9.59 Å². The van der Waals surface area contributed by atoms with E-state index in [-0.39, 0.29) is 5.92 Å². The predicted molar refractivity (Wildman–Crippen MR) is 83.6 cm³/mol. The lowest BCUT2D eigenvalue weighted by molar-refractivity contribution is -0.140. The lowest BCUT2D eigenvalue weighted by Gasteiger charge is -2.20. The Hall–Kier alpha value is -2.04. The molecule has 0 aliphatic carbocycles. The maximum Gasteiger partial charge on any atom is 0.326 e. The minimum atomic E-state index is -1.02. The minimum Gasteiger partial charge on any atom is -0.480 e. The largest absolute Gasteiger partial charge is 0.480 e. The van der Waals surface area contributed by atoms with E-state index in [0.29, 0.717) is 18.0 Å². The summed E-state index contributed by atoms with van der Waals surface area (Å²) in [6, 6.07) is 6.14. The standard InChI is InChI=1S/C16H24N2O3/c1-5-11(4)14(15(19)20)18-16(21)17-13-8-6-12(7-9-13)10(2)3/h6-11,14H,5H2,1-4H3,(H,19,20)(H2,17,18,21). The topological polar surface area (TPSA) is 78.4 Å². The van der Waals surface area contributed by atoms with Crippen LogP contribution in [0.15, 0.2) is 24.3 Å². The van der Waals surface area contributed by atoms with E-state index in [1.54, 1.807) is 6.92 Å². The second kappa shape index (κ2) is 7.67. The lowest BCUT2D eigenvalue weighted by atomic mass is 9.99. The number of carboxylic acids is 1. The van der Waals surface area contributed by atoms with Crippen LogP contribution in [0, 0.1) is 5.92 Å². The predicted octanol–water partition coefficient (Wildman–Crippen LogP) is 3.43. The molecule has 5 nitrogen and oxygen atoms in total. The van der Waals surface area contributed by atoms with E-state index >= 15 is 0 Å². The Morgan fingerprint density at radius 3 is 2.14 bits per heavy atom. The van der Waals surface area contributed by atoms with Crippen molar-refractivity contribution in [2.45, 2.75) is 46.1 Å². The fourth-order valence-electron chi connectivity index (χ4n) is 1.94. The van der Waals surface area contributed by atoms with Crippen molar-refractivity contribution in [1.29, 1.82) is 0 Å². The molecule has 0 saturated heterocycles. The fraction of sp³-hybridized carbons (Fsp3) is 0.500. The third kappa shape index (κ3) is 5.10. The molecule has 116 valence electrons. The molecule has 2 amide bonds. The van der Waals surface area contributed by atoms with Gasteiger partial charge in [0.15, 0.2) is 0 Å². The highest BCUT2D eigenvalue weighted by molar-refractivity contribution is 5.92. The van der Waals surface area contributed by atoms with Crippen molar-refractivity contribution in [3.63, 3.8) is 0 Å². The number of carbonyl (C=O) groups excluding carboxylic acids is 1. The molecular formula is C16H24N2O3. The van der Waals surface area contributed by atoms with Crippen LogP contribution in [0.25, 0.3) is 0 Å². The van der Waals surface area contributed by atoms with Crippen LogP contribution in [-0.2, 0) is 4.79 Å². The summed E-state index contributed by atoms with van der Waals surface area (Å²) in [5.41, 5.74) is 1.83. The maximum atomic E-state index is 11.9. The number of aliphatic carboxylic acids is 1. The van der Waals surface area contributed by atoms with Gasteiger partial charge in [-0.1, -0.05) is 46.2 Å². The highest BCUT2D eigenvalue weighted by atomic mass is 16.4. The molecular weight excluding hydrogens is 268 g/mol. The molecule has 0 bridgehead atoms. The third-order valence-electron chi connectivity index (χ3n) is 3.60. The summed E-state index contributed by atoms with van der Waals surface area (Å²) in [4.78, 5) is 23.0. The Morgan fingerprint density at radius 1 is 1.14 bits per heavy atom. The molecule has 0 heterocycles. The third-order valence-corrected chi connectivity index (χ3v) is 3.60. The van der Waals surface area contributed by atoms with Crippen LogP contribution in [0.3, 0.4) is 0 Å². The number of amides is 2. The lowest BCUT2D eigenvalue weighted by Crippen LogP contribution is -2.46. The molecule has 21 heavy (non-hydrogen) atoms. The molecule has 2 atom stereocenters. The molecule has 1 aromatic rings. The van der Waals surface area contributed by atoms with E-state index < -0.39 is 18.0 Å². The average molecular weight is 292 g/mol. The van der Waals surface area contributed by atoms with Crippen molar-refractivity contribution in [2.24, 2.45) is 5.92 Å². The van der Waals surface area contributed by atoms with E-state index in [1.807, 2.05) is 31.2 Å². The van der Waals surface area contributed by atoms with E-state index in [0.717, 1.165) is 0 Å². The van der Waals surface area contributed by atoms with Crippen molar-refractivity contribution >= 4 is 17.7 Å². The fourth-order valence-corrected chi connectivity index (χ4v) is 1.94. The van der Waals surface area contributed by atoms with Gasteiger partial charge < -0.3 is 15.7 Å². The Labute approximate surface area is 125 Å². The molecule has 0 aromatic heterocycles. The summed E-state index contributed by atoms with van der Waals surface area (Å²) in [5, 5.41) is 14.3. The summed E-state index contributed by atoms with van der Waals surface area (Å²) in [5.74, 6) is -0.721. The Balaban J connectivity index is 2.65. The highest BCUT2D eigenvalue weighted by Gasteiger charge is 2.25. The van der Waals surface area contributed by atoms with Crippen molar-refractivity contribution < 1.29 is 14.7 Å². The molecule has 0 radical (unpaired) electrons. The van der Waals surface area contributed by atoms with Crippen LogP contribution in [-0.4, -0.2) is 23.1 Å². The van der Waals surface area contributed by atoms with E-state index in [1.165, 1.54) is 5.56 Å². The van der Waals surface area contributed by atoms with Crippen LogP contribution < -0.4 is 10.6 Å². The van der Waals surface area contributed by atoms with Crippen molar-refractivity contribution in [1.82, 2.24) is 5.32 Å². The first-order valence-corrected chi connectivity index (χ1v) is 7.25. The first-order valence-electron chi connectivity index (χ1n) is 7.25. The number of hydrogen-bond acceptors (Lipinski definition) is 2. The Kier molecular flexibility index (Phi) is 6.21. The van der Waals surface area contributed by atoms with Gasteiger partial charge in [-0.05, 0) is 29.5 Å². The molecule has 1 rings (SSSR count). The number of anilines is 1. The van der Waals surface area contributed by atoms with Crippen LogP contribution in [0.4, 0.5) is 10.5 Å². The normalized spacial score (nSPS) is 13.6. The van der Waals surface area contributed by atoms with Gasteiger partial charge >= 0.3 is 12.0 Å². The number of nitrogens with one attached hydrogen (secondary N) is 2. The van der Waals surface area contributed by atoms with E-state index in [2.05, 4.69) is 24.5 Å². The van der Waals surface area contributed by atoms with Gasteiger partial charge in [0.05, 0.1) is 0 Å². The van der Waals surface area contributed by atoms with Crippen LogP contribution in [0.5, 0.6) is 0 Å². The number of carbonyl (C=O) groups is 2. The van der Waals surface area contributed by atoms with Gasteiger partial charge in [-0.15, -0.1) is 0 Å². The van der Waals surface area contributed by atoms with Gasteiger partial charge in [-0.3, -0.25) is 0 Å². The van der Waals surface area contributed by atoms with Crippen molar-refractivity contribution in [2.75, 3.05) is 5.32 Å². The van der Waals surface area contributed by atoms with Crippen LogP contribution >= 0.6 is 0 Å². The van der Waals surface area contributed by atoms with E-state index in [4.69, 9.17) is 5.11 Å². The Morgan fingerprint density at radius 2 is 1.71 bits per heavy atom. The second-order valence-electron chi connectivity index (χ2n) is 5.58. The molecule has 0 saturated carbocycles.